The zero-order valence-electron chi connectivity index (χ0n) is 22.7. The van der Waals surface area contributed by atoms with Crippen molar-refractivity contribution in [3.8, 4) is 23.1 Å². The molecule has 1 unspecified atom stereocenters. The predicted octanol–water partition coefficient (Wildman–Crippen LogP) is 5.00. The minimum Gasteiger partial charge on any atom is -0.480 e. The molecule has 212 valence electrons. The van der Waals surface area contributed by atoms with Crippen LogP contribution in [0.25, 0.3) is 11.3 Å². The van der Waals surface area contributed by atoms with Crippen LogP contribution >= 0.6 is 23.2 Å². The van der Waals surface area contributed by atoms with E-state index in [0.717, 1.165) is 0 Å². The highest BCUT2D eigenvalue weighted by atomic mass is 35.5. The summed E-state index contributed by atoms with van der Waals surface area (Å²) < 4.78 is 13.7. The lowest BCUT2D eigenvalue weighted by atomic mass is 10.0. The molecule has 0 spiro atoms. The number of nitrogens with zero attached hydrogens (tertiary/aromatic N) is 5. The average Bonchev–Trinajstić information content (AvgIpc) is 3.44. The number of rotatable bonds is 7. The molecule has 11 nitrogen and oxygen atoms in total. The topological polar surface area (TPSA) is 129 Å². The molecule has 0 aliphatic carbocycles. The molecule has 41 heavy (non-hydrogen) atoms. The first-order valence-electron chi connectivity index (χ1n) is 12.4. The van der Waals surface area contributed by atoms with Crippen molar-refractivity contribution in [2.45, 2.75) is 25.9 Å². The van der Waals surface area contributed by atoms with Crippen molar-refractivity contribution in [1.29, 1.82) is 0 Å². The number of hydrogen-bond donors (Lipinski definition) is 1. The van der Waals surface area contributed by atoms with Gasteiger partial charge in [0, 0.05) is 30.5 Å². The second kappa shape index (κ2) is 10.6. The predicted molar refractivity (Wildman–Crippen MR) is 153 cm³/mol. The highest BCUT2D eigenvalue weighted by Gasteiger charge is 2.48. The summed E-state index contributed by atoms with van der Waals surface area (Å²) in [6, 6.07) is 7.21. The number of ether oxygens (including phenoxy) is 2. The normalized spacial score (nSPS) is 14.5. The van der Waals surface area contributed by atoms with Crippen molar-refractivity contribution in [3.63, 3.8) is 0 Å². The Kier molecular flexibility index (Phi) is 7.26. The van der Waals surface area contributed by atoms with Gasteiger partial charge < -0.3 is 23.7 Å². The Hall–Kier alpha value is -4.35. The smallest absolute Gasteiger partial charge is 0.338 e. The number of aryl methyl sites for hydroxylation is 1. The number of carbonyl (C=O) groups is 2. The van der Waals surface area contributed by atoms with E-state index in [9.17, 15) is 19.5 Å². The first-order valence-corrected chi connectivity index (χ1v) is 13.2. The SMILES string of the molecule is COc1ncc(-c2c(C(=O)O)c3c(n2C(C)C)C(c2ccc(Cl)cc2)N(c2cc(Cl)c(=O)n(C)c2)C3=O)c(OC)n1. The zero-order chi connectivity index (χ0) is 29.7. The molecule has 5 rings (SSSR count). The maximum Gasteiger partial charge on any atom is 0.338 e. The first-order chi connectivity index (χ1) is 19.5. The minimum absolute atomic E-state index is 0.0102. The molecule has 0 saturated heterocycles. The number of halogens is 2. The quantitative estimate of drug-likeness (QED) is 0.315. The molecular weight excluding hydrogens is 573 g/mol. The van der Waals surface area contributed by atoms with E-state index in [4.69, 9.17) is 32.7 Å². The molecule has 0 bridgehead atoms. The third-order valence-corrected chi connectivity index (χ3v) is 7.40. The molecule has 1 N–H and O–H groups in total. The van der Waals surface area contributed by atoms with Crippen molar-refractivity contribution in [3.05, 3.63) is 85.5 Å². The van der Waals surface area contributed by atoms with Crippen LogP contribution in [-0.2, 0) is 7.05 Å². The number of aromatic nitrogens is 4. The average molecular weight is 598 g/mol. The Morgan fingerprint density at radius 2 is 1.78 bits per heavy atom. The number of methoxy groups -OCH3 is 2. The Balaban J connectivity index is 1.90. The van der Waals surface area contributed by atoms with E-state index in [1.165, 1.54) is 49.2 Å². The van der Waals surface area contributed by atoms with Gasteiger partial charge in [0.2, 0.25) is 5.88 Å². The summed E-state index contributed by atoms with van der Waals surface area (Å²) in [5.74, 6) is -1.83. The maximum atomic E-state index is 14.4. The Bertz CT molecular complexity index is 1740. The largest absolute Gasteiger partial charge is 0.480 e. The number of benzene rings is 1. The number of amides is 1. The third-order valence-electron chi connectivity index (χ3n) is 6.88. The third kappa shape index (κ3) is 4.51. The number of carbonyl (C=O) groups excluding carboxylic acids is 1. The van der Waals surface area contributed by atoms with Gasteiger partial charge in [0.15, 0.2) is 0 Å². The molecule has 1 atom stereocenters. The molecule has 0 fully saturated rings. The maximum absolute atomic E-state index is 14.4. The number of anilines is 1. The van der Waals surface area contributed by atoms with Gasteiger partial charge in [-0.15, -0.1) is 0 Å². The van der Waals surface area contributed by atoms with Crippen molar-refractivity contribution in [2.75, 3.05) is 19.1 Å². The molecule has 1 amide bonds. The summed E-state index contributed by atoms with van der Waals surface area (Å²) in [6.45, 7) is 3.75. The van der Waals surface area contributed by atoms with Crippen LogP contribution in [0.5, 0.6) is 11.9 Å². The van der Waals surface area contributed by atoms with Gasteiger partial charge >= 0.3 is 12.0 Å². The summed E-state index contributed by atoms with van der Waals surface area (Å²) in [4.78, 5) is 49.6. The fraction of sp³-hybridized carbons (Fsp3) is 0.250. The van der Waals surface area contributed by atoms with Crippen molar-refractivity contribution >= 4 is 40.8 Å². The van der Waals surface area contributed by atoms with Crippen LogP contribution in [0.15, 0.2) is 47.5 Å². The molecule has 1 aromatic carbocycles. The van der Waals surface area contributed by atoms with E-state index in [0.29, 0.717) is 22.0 Å². The fourth-order valence-electron chi connectivity index (χ4n) is 5.23. The van der Waals surface area contributed by atoms with Gasteiger partial charge in [0.1, 0.15) is 11.1 Å². The lowest BCUT2D eigenvalue weighted by Crippen LogP contribution is -2.32. The van der Waals surface area contributed by atoms with Crippen LogP contribution < -0.4 is 19.9 Å². The Morgan fingerprint density at radius 1 is 1.10 bits per heavy atom. The molecule has 13 heteroatoms. The number of carboxylic acids is 1. The van der Waals surface area contributed by atoms with Gasteiger partial charge in [-0.05, 0) is 37.6 Å². The molecule has 0 radical (unpaired) electrons. The molecule has 1 aliphatic heterocycles. The highest BCUT2D eigenvalue weighted by Crippen LogP contribution is 2.49. The van der Waals surface area contributed by atoms with E-state index < -0.39 is 23.5 Å². The van der Waals surface area contributed by atoms with E-state index >= 15 is 0 Å². The van der Waals surface area contributed by atoms with Crippen LogP contribution in [0.1, 0.15) is 57.9 Å². The number of fused-ring (bicyclic) bond motifs is 1. The lowest BCUT2D eigenvalue weighted by molar-refractivity contribution is 0.0693. The van der Waals surface area contributed by atoms with E-state index in [-0.39, 0.29) is 45.3 Å². The second-order valence-electron chi connectivity index (χ2n) is 9.62. The van der Waals surface area contributed by atoms with Crippen LogP contribution in [0.4, 0.5) is 5.69 Å². The molecule has 4 aromatic rings. The summed E-state index contributed by atoms with van der Waals surface area (Å²) >= 11 is 12.4. The van der Waals surface area contributed by atoms with Gasteiger partial charge in [-0.25, -0.2) is 9.78 Å². The summed E-state index contributed by atoms with van der Waals surface area (Å²) in [7, 11) is 4.32. The van der Waals surface area contributed by atoms with E-state index in [2.05, 4.69) is 9.97 Å². The number of aromatic carboxylic acids is 1. The van der Waals surface area contributed by atoms with Crippen LogP contribution in [0, 0.1) is 0 Å². The van der Waals surface area contributed by atoms with Crippen molar-refractivity contribution < 1.29 is 24.2 Å². The van der Waals surface area contributed by atoms with Crippen LogP contribution in [-0.4, -0.2) is 50.3 Å². The number of carboxylic acid groups (broad SMARTS) is 1. The van der Waals surface area contributed by atoms with E-state index in [1.54, 1.807) is 28.8 Å². The molecular formula is C28H25Cl2N5O6. The lowest BCUT2D eigenvalue weighted by Gasteiger charge is -2.29. The summed E-state index contributed by atoms with van der Waals surface area (Å²) in [5, 5.41) is 11.0. The monoisotopic (exact) mass is 597 g/mol. The van der Waals surface area contributed by atoms with Crippen LogP contribution in [0.3, 0.4) is 0 Å². The van der Waals surface area contributed by atoms with Gasteiger partial charge in [-0.1, -0.05) is 35.3 Å². The number of hydrogen-bond acceptors (Lipinski definition) is 7. The van der Waals surface area contributed by atoms with Gasteiger partial charge in [-0.2, -0.15) is 4.98 Å². The zero-order valence-corrected chi connectivity index (χ0v) is 24.2. The minimum atomic E-state index is -1.32. The Morgan fingerprint density at radius 3 is 2.34 bits per heavy atom. The first kappa shape index (κ1) is 28.2. The fourth-order valence-corrected chi connectivity index (χ4v) is 5.60. The Labute approximate surface area is 244 Å². The van der Waals surface area contributed by atoms with Crippen molar-refractivity contribution in [1.82, 2.24) is 19.1 Å². The molecule has 0 saturated carbocycles. The highest BCUT2D eigenvalue weighted by molar-refractivity contribution is 6.31. The standard InChI is InChI=1S/C28H25Cl2N5O6/c1-13(2)34-22(17-11-31-28(41-5)32-24(17)40-4)20(27(38)39)19-23(34)21(14-6-8-15(29)9-7-14)35(26(19)37)16-10-18(30)25(36)33(3)12-16/h6-13,21H,1-5H3,(H,38,39). The second-order valence-corrected chi connectivity index (χ2v) is 10.5. The number of pyridine rings is 1. The molecule has 4 heterocycles. The molecule has 1 aliphatic rings. The van der Waals surface area contributed by atoms with Gasteiger partial charge in [0.25, 0.3) is 11.5 Å². The molecule has 3 aromatic heterocycles. The van der Waals surface area contributed by atoms with Gasteiger partial charge in [-0.3, -0.25) is 14.5 Å². The summed E-state index contributed by atoms with van der Waals surface area (Å²) in [6.07, 6.45) is 2.90. The van der Waals surface area contributed by atoms with E-state index in [1.807, 2.05) is 13.8 Å². The van der Waals surface area contributed by atoms with Crippen molar-refractivity contribution in [2.24, 2.45) is 7.05 Å². The van der Waals surface area contributed by atoms with Gasteiger partial charge in [0.05, 0.1) is 48.0 Å². The van der Waals surface area contributed by atoms with Crippen LogP contribution in [0.2, 0.25) is 10.0 Å². The summed E-state index contributed by atoms with van der Waals surface area (Å²) in [5.41, 5.74) is 1.21.